The van der Waals surface area contributed by atoms with Crippen LogP contribution in [0.15, 0.2) is 53.0 Å². The first-order valence-electron chi connectivity index (χ1n) is 9.73. The number of carbonyl (C=O) groups is 3. The first-order chi connectivity index (χ1) is 13.6. The molecule has 2 aromatic rings. The minimum Gasteiger partial charge on any atom is -0.456 e. The van der Waals surface area contributed by atoms with Crippen LogP contribution in [-0.4, -0.2) is 17.5 Å². The molecule has 2 aromatic carbocycles. The van der Waals surface area contributed by atoms with E-state index in [2.05, 4.69) is 15.9 Å². The van der Waals surface area contributed by atoms with Crippen LogP contribution in [0.1, 0.15) is 61.7 Å². The number of aryl methyl sites for hydroxylation is 1. The van der Waals surface area contributed by atoms with Crippen molar-refractivity contribution in [3.63, 3.8) is 0 Å². The Labute approximate surface area is 179 Å². The molecule has 1 saturated heterocycles. The van der Waals surface area contributed by atoms with Crippen LogP contribution in [0.4, 0.5) is 0 Å². The van der Waals surface area contributed by atoms with Crippen molar-refractivity contribution < 1.29 is 19.1 Å². The van der Waals surface area contributed by atoms with E-state index >= 15 is 0 Å². The number of ketones is 2. The van der Waals surface area contributed by atoms with Gasteiger partial charge in [0.15, 0.2) is 11.6 Å². The van der Waals surface area contributed by atoms with Crippen LogP contribution in [0.3, 0.4) is 0 Å². The molecule has 3 rings (SSSR count). The smallest absolute Gasteiger partial charge is 0.320 e. The predicted molar refractivity (Wildman–Crippen MR) is 115 cm³/mol. The van der Waals surface area contributed by atoms with Crippen molar-refractivity contribution in [3.8, 4) is 0 Å². The second-order valence-electron chi connectivity index (χ2n) is 8.37. The van der Waals surface area contributed by atoms with E-state index in [4.69, 9.17) is 4.74 Å². The Morgan fingerprint density at radius 2 is 1.59 bits per heavy atom. The van der Waals surface area contributed by atoms with Crippen LogP contribution in [0, 0.1) is 10.8 Å². The number of esters is 1. The molecule has 2 atom stereocenters. The van der Waals surface area contributed by atoms with Gasteiger partial charge in [0.2, 0.25) is 0 Å². The number of benzene rings is 2. The van der Waals surface area contributed by atoms with Gasteiger partial charge < -0.3 is 4.74 Å². The molecule has 5 heteroatoms. The molecule has 0 N–H and O–H groups in total. The highest BCUT2D eigenvalue weighted by molar-refractivity contribution is 9.10. The summed E-state index contributed by atoms with van der Waals surface area (Å²) < 4.78 is 6.66. The Morgan fingerprint density at radius 3 is 2.14 bits per heavy atom. The molecule has 0 bridgehead atoms. The standard InChI is InChI=1S/C24H25BrO4/c1-5-15-6-8-16(9-7-15)19(26)14-24(4)21(27)23(2,3)20(29-22(24)28)17-10-12-18(25)13-11-17/h6-13,20H,5,14H2,1-4H3/t20-,24-/m0/s1. The third-order valence-electron chi connectivity index (χ3n) is 5.79. The molecule has 0 saturated carbocycles. The van der Waals surface area contributed by atoms with E-state index < -0.39 is 22.9 Å². The average Bonchev–Trinajstić information content (AvgIpc) is 2.70. The van der Waals surface area contributed by atoms with E-state index in [0.29, 0.717) is 5.56 Å². The normalized spacial score (nSPS) is 23.6. The predicted octanol–water partition coefficient (Wildman–Crippen LogP) is 5.48. The molecule has 1 aliphatic rings. The van der Waals surface area contributed by atoms with Gasteiger partial charge in [-0.1, -0.05) is 59.3 Å². The number of carbonyl (C=O) groups excluding carboxylic acids is 3. The fourth-order valence-corrected chi connectivity index (χ4v) is 4.20. The molecule has 29 heavy (non-hydrogen) atoms. The second-order valence-corrected chi connectivity index (χ2v) is 9.29. The van der Waals surface area contributed by atoms with E-state index in [1.807, 2.05) is 43.3 Å². The summed E-state index contributed by atoms with van der Waals surface area (Å²) in [5.74, 6) is -1.15. The van der Waals surface area contributed by atoms with Crippen molar-refractivity contribution in [2.75, 3.05) is 0 Å². The van der Waals surface area contributed by atoms with E-state index in [1.165, 1.54) is 6.92 Å². The maximum absolute atomic E-state index is 13.4. The quantitative estimate of drug-likeness (QED) is 0.339. The molecule has 152 valence electrons. The van der Waals surface area contributed by atoms with Crippen LogP contribution in [0.2, 0.25) is 0 Å². The second kappa shape index (κ2) is 7.86. The Hall–Kier alpha value is -2.27. The highest BCUT2D eigenvalue weighted by atomic mass is 79.9. The van der Waals surface area contributed by atoms with Crippen molar-refractivity contribution in [1.29, 1.82) is 0 Å². The Bertz CT molecular complexity index is 944. The third-order valence-corrected chi connectivity index (χ3v) is 6.32. The minimum atomic E-state index is -1.50. The van der Waals surface area contributed by atoms with Crippen LogP contribution in [0.25, 0.3) is 0 Å². The monoisotopic (exact) mass is 456 g/mol. The average molecular weight is 457 g/mol. The molecule has 1 fully saturated rings. The maximum atomic E-state index is 13.4. The molecular weight excluding hydrogens is 432 g/mol. The van der Waals surface area contributed by atoms with E-state index in [9.17, 15) is 14.4 Å². The summed E-state index contributed by atoms with van der Waals surface area (Å²) in [7, 11) is 0. The topological polar surface area (TPSA) is 60.4 Å². The molecule has 1 heterocycles. The zero-order valence-electron chi connectivity index (χ0n) is 17.1. The zero-order valence-corrected chi connectivity index (χ0v) is 18.7. The Kier molecular flexibility index (Phi) is 5.81. The zero-order chi connectivity index (χ0) is 21.4. The largest absolute Gasteiger partial charge is 0.456 e. The van der Waals surface area contributed by atoms with Gasteiger partial charge in [-0.25, -0.2) is 0 Å². The van der Waals surface area contributed by atoms with Crippen molar-refractivity contribution in [2.45, 2.75) is 46.6 Å². The molecule has 0 unspecified atom stereocenters. The molecule has 0 aliphatic carbocycles. The van der Waals surface area contributed by atoms with Gasteiger partial charge in [0.1, 0.15) is 11.5 Å². The lowest BCUT2D eigenvalue weighted by Crippen LogP contribution is -2.54. The van der Waals surface area contributed by atoms with Crippen LogP contribution in [0.5, 0.6) is 0 Å². The number of hydrogen-bond donors (Lipinski definition) is 0. The van der Waals surface area contributed by atoms with Crippen molar-refractivity contribution in [2.24, 2.45) is 10.8 Å². The summed E-state index contributed by atoms with van der Waals surface area (Å²) in [6, 6.07) is 14.6. The van der Waals surface area contributed by atoms with Crippen molar-refractivity contribution in [1.82, 2.24) is 0 Å². The summed E-state index contributed by atoms with van der Waals surface area (Å²) >= 11 is 3.39. The van der Waals surface area contributed by atoms with Crippen LogP contribution >= 0.6 is 15.9 Å². The lowest BCUT2D eigenvalue weighted by Gasteiger charge is -2.44. The molecule has 4 nitrogen and oxygen atoms in total. The number of rotatable bonds is 5. The van der Waals surface area contributed by atoms with Gasteiger partial charge in [0.25, 0.3) is 0 Å². The number of Topliss-reactive ketones (excluding diaryl/α,β-unsaturated/α-hetero) is 2. The van der Waals surface area contributed by atoms with E-state index in [0.717, 1.165) is 22.0 Å². The fraction of sp³-hybridized carbons (Fsp3) is 0.375. The summed E-state index contributed by atoms with van der Waals surface area (Å²) in [6.45, 7) is 7.11. The summed E-state index contributed by atoms with van der Waals surface area (Å²) in [5, 5.41) is 0. The number of cyclic esters (lactones) is 1. The molecular formula is C24H25BrO4. The molecule has 0 spiro atoms. The number of hydrogen-bond acceptors (Lipinski definition) is 4. The van der Waals surface area contributed by atoms with Gasteiger partial charge in [-0.2, -0.15) is 0 Å². The van der Waals surface area contributed by atoms with Crippen LogP contribution < -0.4 is 0 Å². The summed E-state index contributed by atoms with van der Waals surface area (Å²) in [5.41, 5.74) is -0.0849. The first kappa shape index (κ1) is 21.4. The van der Waals surface area contributed by atoms with Gasteiger partial charge in [-0.15, -0.1) is 0 Å². The molecule has 0 aromatic heterocycles. The van der Waals surface area contributed by atoms with Gasteiger partial charge in [0.05, 0.1) is 5.41 Å². The highest BCUT2D eigenvalue weighted by Crippen LogP contribution is 2.49. The number of halogens is 1. The van der Waals surface area contributed by atoms with Gasteiger partial charge in [-0.05, 0) is 50.5 Å². The highest BCUT2D eigenvalue weighted by Gasteiger charge is 2.58. The van der Waals surface area contributed by atoms with Crippen molar-refractivity contribution in [3.05, 3.63) is 69.7 Å². The van der Waals surface area contributed by atoms with E-state index in [1.54, 1.807) is 26.0 Å². The Balaban J connectivity index is 1.88. The molecule has 0 radical (unpaired) electrons. The SMILES string of the molecule is CCc1ccc(C(=O)C[C@]2(C)C(=O)O[C@@H](c3ccc(Br)cc3)C(C)(C)C2=O)cc1. The minimum absolute atomic E-state index is 0.202. The van der Waals surface area contributed by atoms with Crippen LogP contribution in [-0.2, 0) is 20.7 Å². The number of ether oxygens (including phenoxy) is 1. The molecule has 0 amide bonds. The lowest BCUT2D eigenvalue weighted by molar-refractivity contribution is -0.187. The summed E-state index contributed by atoms with van der Waals surface area (Å²) in [4.78, 5) is 39.2. The van der Waals surface area contributed by atoms with Crippen molar-refractivity contribution >= 4 is 33.5 Å². The third kappa shape index (κ3) is 3.93. The van der Waals surface area contributed by atoms with Gasteiger partial charge >= 0.3 is 5.97 Å². The fourth-order valence-electron chi connectivity index (χ4n) is 3.93. The maximum Gasteiger partial charge on any atom is 0.320 e. The summed E-state index contributed by atoms with van der Waals surface area (Å²) in [6.07, 6.45) is -0.0162. The lowest BCUT2D eigenvalue weighted by atomic mass is 9.64. The van der Waals surface area contributed by atoms with Gasteiger partial charge in [0, 0.05) is 16.5 Å². The van der Waals surface area contributed by atoms with Gasteiger partial charge in [-0.3, -0.25) is 14.4 Å². The first-order valence-corrected chi connectivity index (χ1v) is 10.5. The Morgan fingerprint density at radius 1 is 1.00 bits per heavy atom. The van der Waals surface area contributed by atoms with E-state index in [-0.39, 0.29) is 18.0 Å². The molecule has 1 aliphatic heterocycles.